The second kappa shape index (κ2) is 8.14. The number of ketones is 1. The summed E-state index contributed by atoms with van der Waals surface area (Å²) < 4.78 is 0. The highest BCUT2D eigenvalue weighted by atomic mass is 35.5. The molecule has 0 radical (unpaired) electrons. The van der Waals surface area contributed by atoms with Gasteiger partial charge in [-0.25, -0.2) is 0 Å². The minimum atomic E-state index is 0.227. The second-order valence-corrected chi connectivity index (χ2v) is 13.1. The number of carbonyl (C=O) groups is 1. The first-order valence-corrected chi connectivity index (χ1v) is 13.3. The lowest BCUT2D eigenvalue weighted by Crippen LogP contribution is -2.56. The number of alkyl halides is 1. The third-order valence-corrected chi connectivity index (χ3v) is 11.0. The third-order valence-electron chi connectivity index (χ3n) is 10.6. The van der Waals surface area contributed by atoms with Crippen LogP contribution in [-0.4, -0.2) is 11.2 Å². The van der Waals surface area contributed by atoms with Crippen LogP contribution in [0.25, 0.3) is 0 Å². The lowest BCUT2D eigenvalue weighted by Gasteiger charge is -2.60. The summed E-state index contributed by atoms with van der Waals surface area (Å²) in [6, 6.07) is 0. The molecule has 0 amide bonds. The standard InChI is InChI=1S/C27H45ClO/c1-17(2)7-6-8-18(3)21-9-10-22-20-16-25(29)24-15-19(28)11-13-27(24,5)23(20)12-14-26(21,22)4/h17-24H,6-16H2,1-5H3. The van der Waals surface area contributed by atoms with Crippen LogP contribution in [0.4, 0.5) is 0 Å². The molecular formula is C27H45ClO. The van der Waals surface area contributed by atoms with Crippen LogP contribution in [0.3, 0.4) is 0 Å². The molecule has 0 saturated heterocycles. The molecule has 4 saturated carbocycles. The molecule has 4 rings (SSSR count). The Labute approximate surface area is 185 Å². The second-order valence-electron chi connectivity index (χ2n) is 12.5. The zero-order chi connectivity index (χ0) is 21.0. The maximum absolute atomic E-state index is 13.3. The van der Waals surface area contributed by atoms with E-state index in [0.717, 1.165) is 48.9 Å². The summed E-state index contributed by atoms with van der Waals surface area (Å²) in [6.45, 7) is 12.3. The van der Waals surface area contributed by atoms with E-state index in [2.05, 4.69) is 34.6 Å². The van der Waals surface area contributed by atoms with Gasteiger partial charge >= 0.3 is 0 Å². The molecule has 0 aromatic rings. The van der Waals surface area contributed by atoms with E-state index in [9.17, 15) is 4.79 Å². The van der Waals surface area contributed by atoms with E-state index in [1.54, 1.807) is 0 Å². The van der Waals surface area contributed by atoms with Gasteiger partial charge in [-0.2, -0.15) is 0 Å². The number of carbonyl (C=O) groups excluding carboxylic acids is 1. The zero-order valence-electron chi connectivity index (χ0n) is 19.7. The van der Waals surface area contributed by atoms with Crippen molar-refractivity contribution in [3.63, 3.8) is 0 Å². The highest BCUT2D eigenvalue weighted by Gasteiger charge is 2.62. The molecule has 9 unspecified atom stereocenters. The fraction of sp³-hybridized carbons (Fsp3) is 0.963. The van der Waals surface area contributed by atoms with Gasteiger partial charge in [-0.1, -0.05) is 53.9 Å². The van der Waals surface area contributed by atoms with E-state index in [1.165, 1.54) is 51.4 Å². The molecule has 0 spiro atoms. The van der Waals surface area contributed by atoms with E-state index in [0.29, 0.717) is 17.1 Å². The van der Waals surface area contributed by atoms with Crippen LogP contribution < -0.4 is 0 Å². The number of rotatable bonds is 5. The van der Waals surface area contributed by atoms with Crippen molar-refractivity contribution in [2.45, 2.75) is 111 Å². The largest absolute Gasteiger partial charge is 0.299 e. The van der Waals surface area contributed by atoms with Crippen molar-refractivity contribution in [3.05, 3.63) is 0 Å². The molecule has 29 heavy (non-hydrogen) atoms. The number of fused-ring (bicyclic) bond motifs is 5. The van der Waals surface area contributed by atoms with Crippen LogP contribution in [0.2, 0.25) is 0 Å². The first-order chi connectivity index (χ1) is 13.7. The van der Waals surface area contributed by atoms with Crippen molar-refractivity contribution >= 4 is 17.4 Å². The van der Waals surface area contributed by atoms with Crippen LogP contribution in [0, 0.1) is 52.3 Å². The number of Topliss-reactive ketones (excluding diaryl/α,β-unsaturated/α-hetero) is 1. The average Bonchev–Trinajstić information content (AvgIpc) is 3.00. The Bertz CT molecular complexity index is 614. The topological polar surface area (TPSA) is 17.1 Å². The highest BCUT2D eigenvalue weighted by molar-refractivity contribution is 6.20. The SMILES string of the molecule is CC(C)CCCC(C)C1CCC2C3CC(=O)C4CC(Cl)CCC4(C)C3CCC12C. The van der Waals surface area contributed by atoms with Gasteiger partial charge in [0.2, 0.25) is 0 Å². The van der Waals surface area contributed by atoms with Gasteiger partial charge in [0.25, 0.3) is 0 Å². The molecule has 0 bridgehead atoms. The summed E-state index contributed by atoms with van der Waals surface area (Å²) in [5.74, 6) is 5.57. The first-order valence-electron chi connectivity index (χ1n) is 12.8. The monoisotopic (exact) mass is 420 g/mol. The fourth-order valence-corrected chi connectivity index (χ4v) is 9.31. The smallest absolute Gasteiger partial charge is 0.136 e. The van der Waals surface area contributed by atoms with E-state index >= 15 is 0 Å². The van der Waals surface area contributed by atoms with Crippen molar-refractivity contribution < 1.29 is 4.79 Å². The van der Waals surface area contributed by atoms with Crippen LogP contribution in [0.5, 0.6) is 0 Å². The Balaban J connectivity index is 1.50. The lowest BCUT2D eigenvalue weighted by atomic mass is 9.44. The van der Waals surface area contributed by atoms with Gasteiger partial charge < -0.3 is 0 Å². The molecule has 1 nitrogen and oxygen atoms in total. The van der Waals surface area contributed by atoms with Gasteiger partial charge in [0.1, 0.15) is 5.78 Å². The first kappa shape index (κ1) is 22.2. The van der Waals surface area contributed by atoms with Gasteiger partial charge in [-0.15, -0.1) is 11.6 Å². The molecule has 0 aromatic carbocycles. The van der Waals surface area contributed by atoms with E-state index in [4.69, 9.17) is 11.6 Å². The Hall–Kier alpha value is -0.0400. The molecule has 0 aliphatic heterocycles. The third kappa shape index (κ3) is 3.74. The predicted octanol–water partition coefficient (Wildman–Crippen LogP) is 7.89. The van der Waals surface area contributed by atoms with Gasteiger partial charge in [-0.3, -0.25) is 4.79 Å². The lowest BCUT2D eigenvalue weighted by molar-refractivity contribution is -0.154. The van der Waals surface area contributed by atoms with E-state index < -0.39 is 0 Å². The van der Waals surface area contributed by atoms with Crippen molar-refractivity contribution in [2.24, 2.45) is 52.3 Å². The molecule has 166 valence electrons. The van der Waals surface area contributed by atoms with E-state index in [-0.39, 0.29) is 16.7 Å². The highest BCUT2D eigenvalue weighted by Crippen LogP contribution is 2.68. The Morgan fingerprint density at radius 2 is 1.66 bits per heavy atom. The van der Waals surface area contributed by atoms with Crippen LogP contribution in [-0.2, 0) is 4.79 Å². The van der Waals surface area contributed by atoms with E-state index in [1.807, 2.05) is 0 Å². The summed E-state index contributed by atoms with van der Waals surface area (Å²) in [7, 11) is 0. The minimum absolute atomic E-state index is 0.227. The quantitative estimate of drug-likeness (QED) is 0.413. The van der Waals surface area contributed by atoms with Crippen LogP contribution >= 0.6 is 11.6 Å². The molecule has 4 fully saturated rings. The Morgan fingerprint density at radius 3 is 2.38 bits per heavy atom. The maximum Gasteiger partial charge on any atom is 0.136 e. The van der Waals surface area contributed by atoms with Crippen molar-refractivity contribution in [2.75, 3.05) is 0 Å². The van der Waals surface area contributed by atoms with Crippen molar-refractivity contribution in [3.8, 4) is 0 Å². The minimum Gasteiger partial charge on any atom is -0.299 e. The molecule has 9 atom stereocenters. The summed E-state index contributed by atoms with van der Waals surface area (Å²) in [6.07, 6.45) is 13.8. The summed E-state index contributed by atoms with van der Waals surface area (Å²) >= 11 is 6.51. The zero-order valence-corrected chi connectivity index (χ0v) is 20.4. The molecular weight excluding hydrogens is 376 g/mol. The van der Waals surface area contributed by atoms with Gasteiger partial charge in [0, 0.05) is 17.7 Å². The molecule has 4 aliphatic carbocycles. The van der Waals surface area contributed by atoms with Gasteiger partial charge in [0.05, 0.1) is 0 Å². The fourth-order valence-electron chi connectivity index (χ4n) is 9.02. The summed E-state index contributed by atoms with van der Waals surface area (Å²) in [5.41, 5.74) is 0.708. The predicted molar refractivity (Wildman–Crippen MR) is 123 cm³/mol. The molecule has 0 heterocycles. The molecule has 0 N–H and O–H groups in total. The van der Waals surface area contributed by atoms with Crippen molar-refractivity contribution in [1.29, 1.82) is 0 Å². The van der Waals surface area contributed by atoms with Crippen LogP contribution in [0.15, 0.2) is 0 Å². The average molecular weight is 421 g/mol. The summed E-state index contributed by atoms with van der Waals surface area (Å²) in [4.78, 5) is 13.3. The van der Waals surface area contributed by atoms with Gasteiger partial charge in [0.15, 0.2) is 0 Å². The maximum atomic E-state index is 13.3. The molecule has 4 aliphatic rings. The Morgan fingerprint density at radius 1 is 0.966 bits per heavy atom. The number of hydrogen-bond donors (Lipinski definition) is 0. The van der Waals surface area contributed by atoms with Gasteiger partial charge in [-0.05, 0) is 91.3 Å². The van der Waals surface area contributed by atoms with Crippen LogP contribution in [0.1, 0.15) is 105 Å². The molecule has 0 aromatic heterocycles. The molecule has 2 heteroatoms. The number of halogens is 1. The number of hydrogen-bond acceptors (Lipinski definition) is 1. The van der Waals surface area contributed by atoms with Crippen molar-refractivity contribution in [1.82, 2.24) is 0 Å². The Kier molecular flexibility index (Phi) is 6.22. The normalized spacial score (nSPS) is 48.2. The summed E-state index contributed by atoms with van der Waals surface area (Å²) in [5, 5.41) is 0.227.